The number of fused-ring (bicyclic) bond motifs is 1. The number of likely N-dealkylation sites (tertiary alicyclic amines) is 3. The van der Waals surface area contributed by atoms with Gasteiger partial charge in [0.05, 0.1) is 11.1 Å². The highest BCUT2D eigenvalue weighted by Gasteiger charge is 2.58. The minimum absolute atomic E-state index is 0.0743. The third-order valence-corrected chi connectivity index (χ3v) is 6.51. The van der Waals surface area contributed by atoms with Gasteiger partial charge in [0.15, 0.2) is 0 Å². The molecule has 2 atom stereocenters. The van der Waals surface area contributed by atoms with Crippen LogP contribution in [0.15, 0.2) is 4.52 Å². The normalized spacial score (nSPS) is 28.8. The molecule has 0 spiro atoms. The van der Waals surface area contributed by atoms with Crippen molar-refractivity contribution < 1.29 is 14.1 Å². The van der Waals surface area contributed by atoms with Gasteiger partial charge >= 0.3 is 0 Å². The second-order valence-corrected chi connectivity index (χ2v) is 8.22. The number of aryl methyl sites for hydroxylation is 2. The number of carbonyl (C=O) groups is 2. The molecule has 7 nitrogen and oxygen atoms in total. The Balaban J connectivity index is 1.57. The van der Waals surface area contributed by atoms with Crippen LogP contribution < -0.4 is 0 Å². The molecule has 142 valence electrons. The van der Waals surface area contributed by atoms with Crippen LogP contribution in [0.3, 0.4) is 0 Å². The Bertz CT molecular complexity index is 705. The van der Waals surface area contributed by atoms with Crippen LogP contribution in [0, 0.1) is 25.2 Å². The van der Waals surface area contributed by atoms with Gasteiger partial charge in [0, 0.05) is 64.2 Å². The highest BCUT2D eigenvalue weighted by atomic mass is 16.5. The molecule has 26 heavy (non-hydrogen) atoms. The van der Waals surface area contributed by atoms with Gasteiger partial charge in [0.1, 0.15) is 5.76 Å². The summed E-state index contributed by atoms with van der Waals surface area (Å²) in [4.78, 5) is 31.6. The minimum Gasteiger partial charge on any atom is -0.361 e. The van der Waals surface area contributed by atoms with Crippen molar-refractivity contribution in [1.29, 1.82) is 0 Å². The van der Waals surface area contributed by atoms with Crippen molar-refractivity contribution in [3.8, 4) is 0 Å². The molecule has 2 amide bonds. The summed E-state index contributed by atoms with van der Waals surface area (Å²) in [6.07, 6.45) is 2.18. The van der Waals surface area contributed by atoms with E-state index in [0.717, 1.165) is 56.0 Å². The predicted molar refractivity (Wildman–Crippen MR) is 95.2 cm³/mol. The fourth-order valence-electron chi connectivity index (χ4n) is 5.02. The van der Waals surface area contributed by atoms with Crippen molar-refractivity contribution in [2.45, 2.75) is 40.2 Å². The van der Waals surface area contributed by atoms with Crippen LogP contribution in [0.5, 0.6) is 0 Å². The Morgan fingerprint density at radius 2 is 1.88 bits per heavy atom. The number of nitrogens with zero attached hydrogens (tertiary/aromatic N) is 4. The summed E-state index contributed by atoms with van der Waals surface area (Å²) in [5.74, 6) is 1.39. The molecule has 4 rings (SSSR count). The van der Waals surface area contributed by atoms with Gasteiger partial charge < -0.3 is 14.3 Å². The molecule has 0 aromatic carbocycles. The molecule has 1 aromatic rings. The maximum Gasteiger partial charge on any atom is 0.232 e. The van der Waals surface area contributed by atoms with Gasteiger partial charge in [-0.05, 0) is 26.7 Å². The highest BCUT2D eigenvalue weighted by molar-refractivity contribution is 5.86. The van der Waals surface area contributed by atoms with E-state index in [1.54, 1.807) is 6.92 Å². The first-order chi connectivity index (χ1) is 12.4. The zero-order chi connectivity index (χ0) is 18.5. The summed E-state index contributed by atoms with van der Waals surface area (Å²) >= 11 is 0. The van der Waals surface area contributed by atoms with Gasteiger partial charge in [-0.2, -0.15) is 0 Å². The Hall–Kier alpha value is -1.89. The summed E-state index contributed by atoms with van der Waals surface area (Å²) in [7, 11) is 0. The van der Waals surface area contributed by atoms with Crippen molar-refractivity contribution in [3.05, 3.63) is 17.0 Å². The van der Waals surface area contributed by atoms with Crippen molar-refractivity contribution in [2.24, 2.45) is 11.3 Å². The molecular formula is C19H28N4O3. The highest BCUT2D eigenvalue weighted by Crippen LogP contribution is 2.45. The van der Waals surface area contributed by atoms with Crippen LogP contribution in [0.25, 0.3) is 0 Å². The molecule has 0 N–H and O–H groups in total. The van der Waals surface area contributed by atoms with Crippen molar-refractivity contribution in [1.82, 2.24) is 19.9 Å². The standard InChI is InChI=1S/C19H28N4O3/c1-13-17(14(2)26-20-13)10-21-8-16-9-23(15(3)24)12-19(16,11-21)18(25)22-6-4-5-7-22/h16H,4-12H2,1-3H3. The first-order valence-corrected chi connectivity index (χ1v) is 9.60. The summed E-state index contributed by atoms with van der Waals surface area (Å²) in [6, 6.07) is 0. The van der Waals surface area contributed by atoms with Crippen molar-refractivity contribution in [3.63, 3.8) is 0 Å². The Morgan fingerprint density at radius 3 is 2.50 bits per heavy atom. The Labute approximate surface area is 154 Å². The first-order valence-electron chi connectivity index (χ1n) is 9.60. The number of carbonyl (C=O) groups excluding carboxylic acids is 2. The Kier molecular flexibility index (Phi) is 4.29. The monoisotopic (exact) mass is 360 g/mol. The molecule has 0 radical (unpaired) electrons. The van der Waals surface area contributed by atoms with E-state index in [-0.39, 0.29) is 17.7 Å². The molecule has 3 aliphatic heterocycles. The quantitative estimate of drug-likeness (QED) is 0.810. The molecule has 3 aliphatic rings. The number of hydrogen-bond donors (Lipinski definition) is 0. The summed E-state index contributed by atoms with van der Waals surface area (Å²) in [5.41, 5.74) is 1.59. The molecule has 2 unspecified atom stereocenters. The van der Waals surface area contributed by atoms with Crippen molar-refractivity contribution >= 4 is 11.8 Å². The van der Waals surface area contributed by atoms with Gasteiger partial charge in [-0.15, -0.1) is 0 Å². The largest absolute Gasteiger partial charge is 0.361 e. The average molecular weight is 360 g/mol. The van der Waals surface area contributed by atoms with Crippen LogP contribution in [0.4, 0.5) is 0 Å². The molecule has 7 heteroatoms. The molecule has 3 fully saturated rings. The Morgan fingerprint density at radius 1 is 1.15 bits per heavy atom. The van der Waals surface area contributed by atoms with E-state index in [4.69, 9.17) is 4.52 Å². The number of aromatic nitrogens is 1. The van der Waals surface area contributed by atoms with Gasteiger partial charge in [0.25, 0.3) is 0 Å². The van der Waals surface area contributed by atoms with E-state index < -0.39 is 5.41 Å². The van der Waals surface area contributed by atoms with E-state index in [9.17, 15) is 9.59 Å². The van der Waals surface area contributed by atoms with Crippen LogP contribution in [-0.2, 0) is 16.1 Å². The minimum atomic E-state index is -0.449. The molecule has 3 saturated heterocycles. The first kappa shape index (κ1) is 17.5. The number of rotatable bonds is 3. The molecule has 4 heterocycles. The van der Waals surface area contributed by atoms with Gasteiger partial charge in [-0.25, -0.2) is 0 Å². The average Bonchev–Trinajstić information content (AvgIpc) is 3.34. The number of amides is 2. The fraction of sp³-hybridized carbons (Fsp3) is 0.737. The van der Waals surface area contributed by atoms with Crippen LogP contribution in [0.2, 0.25) is 0 Å². The van der Waals surface area contributed by atoms with Crippen LogP contribution in [0.1, 0.15) is 36.8 Å². The van der Waals surface area contributed by atoms with Gasteiger partial charge in [-0.1, -0.05) is 5.16 Å². The molecule has 1 aromatic heterocycles. The maximum atomic E-state index is 13.4. The lowest BCUT2D eigenvalue weighted by atomic mass is 9.79. The van der Waals surface area contributed by atoms with E-state index in [1.807, 2.05) is 23.6 Å². The second-order valence-electron chi connectivity index (χ2n) is 8.22. The molecule has 0 saturated carbocycles. The van der Waals surface area contributed by atoms with E-state index >= 15 is 0 Å². The van der Waals surface area contributed by atoms with Gasteiger partial charge in [-0.3, -0.25) is 14.5 Å². The smallest absolute Gasteiger partial charge is 0.232 e. The lowest BCUT2D eigenvalue weighted by molar-refractivity contribution is -0.141. The van der Waals surface area contributed by atoms with Crippen LogP contribution >= 0.6 is 0 Å². The molecule has 0 bridgehead atoms. The lowest BCUT2D eigenvalue weighted by Crippen LogP contribution is -2.49. The van der Waals surface area contributed by atoms with Crippen molar-refractivity contribution in [2.75, 3.05) is 39.3 Å². The summed E-state index contributed by atoms with van der Waals surface area (Å²) < 4.78 is 5.30. The third kappa shape index (κ3) is 2.73. The lowest BCUT2D eigenvalue weighted by Gasteiger charge is -2.32. The second kappa shape index (κ2) is 6.37. The summed E-state index contributed by atoms with van der Waals surface area (Å²) in [6.45, 7) is 10.8. The van der Waals surface area contributed by atoms with E-state index in [2.05, 4.69) is 10.1 Å². The van der Waals surface area contributed by atoms with Crippen LogP contribution in [-0.4, -0.2) is 70.9 Å². The SMILES string of the molecule is CC(=O)N1CC2CN(Cc3c(C)noc3C)CC2(C(=O)N2CCCC2)C1. The maximum absolute atomic E-state index is 13.4. The topological polar surface area (TPSA) is 69.9 Å². The number of hydrogen-bond acceptors (Lipinski definition) is 5. The summed E-state index contributed by atoms with van der Waals surface area (Å²) in [5, 5.41) is 4.05. The fourth-order valence-corrected chi connectivity index (χ4v) is 5.02. The molecular weight excluding hydrogens is 332 g/mol. The van der Waals surface area contributed by atoms with E-state index in [1.165, 1.54) is 0 Å². The zero-order valence-corrected chi connectivity index (χ0v) is 16.0. The third-order valence-electron chi connectivity index (χ3n) is 6.51. The zero-order valence-electron chi connectivity index (χ0n) is 16.0. The van der Waals surface area contributed by atoms with Gasteiger partial charge in [0.2, 0.25) is 11.8 Å². The molecule has 0 aliphatic carbocycles. The predicted octanol–water partition coefficient (Wildman–Crippen LogP) is 1.19. The van der Waals surface area contributed by atoms with E-state index in [0.29, 0.717) is 19.6 Å².